The van der Waals surface area contributed by atoms with Crippen LogP contribution in [0, 0.1) is 5.92 Å². The molecule has 2 saturated carbocycles. The molecule has 8 rings (SSSR count). The summed E-state index contributed by atoms with van der Waals surface area (Å²) in [7, 11) is 1.43. The lowest BCUT2D eigenvalue weighted by Gasteiger charge is -2.31. The first-order valence-electron chi connectivity index (χ1n) is 15.0. The number of piperidine rings is 1. The minimum Gasteiger partial charge on any atom is -0.465 e. The molecule has 4 atom stereocenters. The summed E-state index contributed by atoms with van der Waals surface area (Å²) in [4.78, 5) is 20.1. The molecule has 4 aromatic rings. The highest BCUT2D eigenvalue weighted by Gasteiger charge is 2.46. The summed E-state index contributed by atoms with van der Waals surface area (Å²) < 4.78 is 20.5. The van der Waals surface area contributed by atoms with Crippen LogP contribution in [0.25, 0.3) is 21.3 Å². The van der Waals surface area contributed by atoms with Crippen molar-refractivity contribution in [3.63, 3.8) is 0 Å². The van der Waals surface area contributed by atoms with Crippen molar-refractivity contribution in [2.75, 3.05) is 31.8 Å². The third-order valence-corrected chi connectivity index (χ3v) is 11.2. The smallest absolute Gasteiger partial charge is 0.337 e. The maximum Gasteiger partial charge on any atom is 0.337 e. The van der Waals surface area contributed by atoms with Gasteiger partial charge in [-0.05, 0) is 61.9 Å². The number of aromatic nitrogens is 3. The number of ether oxygens (including phenoxy) is 3. The second kappa shape index (κ2) is 11.0. The summed E-state index contributed by atoms with van der Waals surface area (Å²) in [5, 5.41) is 6.99. The molecule has 4 heterocycles. The maximum atomic E-state index is 12.5. The first-order valence-corrected chi connectivity index (χ1v) is 16.5. The van der Waals surface area contributed by atoms with Crippen LogP contribution in [-0.2, 0) is 20.8 Å². The molecule has 0 amide bonds. The summed E-state index contributed by atoms with van der Waals surface area (Å²) in [6.45, 7) is 2.78. The van der Waals surface area contributed by atoms with E-state index in [9.17, 15) is 4.79 Å². The number of nitrogens with zero attached hydrogens (tertiary/aromatic N) is 4. The van der Waals surface area contributed by atoms with Gasteiger partial charge in [-0.1, -0.05) is 40.6 Å². The van der Waals surface area contributed by atoms with Crippen molar-refractivity contribution in [2.45, 2.75) is 62.8 Å². The normalized spacial score (nSPS) is 24.9. The number of methoxy groups -OCH3 is 1. The maximum absolute atomic E-state index is 12.5. The van der Waals surface area contributed by atoms with E-state index in [1.807, 2.05) is 36.5 Å². The zero-order valence-electron chi connectivity index (χ0n) is 23.8. The molecule has 43 heavy (non-hydrogen) atoms. The number of anilines is 1. The molecule has 2 aromatic carbocycles. The Morgan fingerprint density at radius 2 is 1.98 bits per heavy atom. The highest BCUT2D eigenvalue weighted by molar-refractivity contribution is 7.22. The molecule has 0 spiro atoms. The van der Waals surface area contributed by atoms with E-state index in [4.69, 9.17) is 47.5 Å². The fraction of sp³-hybridized carbons (Fsp3) is 0.469. The van der Waals surface area contributed by atoms with Crippen LogP contribution in [0.1, 0.15) is 65.7 Å². The number of halogens is 2. The van der Waals surface area contributed by atoms with E-state index >= 15 is 0 Å². The summed E-state index contributed by atoms with van der Waals surface area (Å²) in [6.07, 6.45) is 7.30. The van der Waals surface area contributed by atoms with Crippen LogP contribution < -0.4 is 4.90 Å². The Labute approximate surface area is 263 Å². The zero-order valence-corrected chi connectivity index (χ0v) is 26.1. The van der Waals surface area contributed by atoms with Crippen molar-refractivity contribution in [1.29, 1.82) is 0 Å². The lowest BCUT2D eigenvalue weighted by Crippen LogP contribution is -2.38. The zero-order chi connectivity index (χ0) is 29.2. The highest BCUT2D eigenvalue weighted by Crippen LogP contribution is 2.47. The Morgan fingerprint density at radius 1 is 1.14 bits per heavy atom. The number of carbonyl (C=O) groups excluding carboxylic acids is 1. The number of hydrogen-bond acceptors (Lipinski definition) is 8. The summed E-state index contributed by atoms with van der Waals surface area (Å²) in [6, 6.07) is 10.3. The van der Waals surface area contributed by atoms with Gasteiger partial charge in [-0.2, -0.15) is 5.10 Å². The van der Waals surface area contributed by atoms with E-state index < -0.39 is 0 Å². The van der Waals surface area contributed by atoms with E-state index in [-0.39, 0.29) is 18.0 Å². The molecule has 2 aromatic heterocycles. The minimum atomic E-state index is -0.319. The highest BCUT2D eigenvalue weighted by atomic mass is 35.5. The Morgan fingerprint density at radius 3 is 2.67 bits per heavy atom. The van der Waals surface area contributed by atoms with Crippen molar-refractivity contribution in [3.05, 3.63) is 63.4 Å². The van der Waals surface area contributed by atoms with Crippen LogP contribution in [0.5, 0.6) is 0 Å². The Bertz CT molecular complexity index is 1690. The summed E-state index contributed by atoms with van der Waals surface area (Å²) in [5.41, 5.74) is 5.48. The molecule has 0 unspecified atom stereocenters. The summed E-state index contributed by atoms with van der Waals surface area (Å²) >= 11 is 14.9. The van der Waals surface area contributed by atoms with Crippen molar-refractivity contribution in [1.82, 2.24) is 14.8 Å². The van der Waals surface area contributed by atoms with E-state index in [1.54, 1.807) is 11.3 Å². The van der Waals surface area contributed by atoms with E-state index in [0.717, 1.165) is 83.0 Å². The SMILES string of the molecule is COC(=O)c1cc([C@@H]2CCOC2)c2nc(N3C[C@@H]4C[C@H]3C[C@H]4OCc3c(-c4c(Cl)cccc4Cl)cnn3C3CC3)sc2c1. The third kappa shape index (κ3) is 4.93. The van der Waals surface area contributed by atoms with Gasteiger partial charge in [0.25, 0.3) is 0 Å². The number of fused-ring (bicyclic) bond motifs is 3. The van der Waals surface area contributed by atoms with Gasteiger partial charge in [0.05, 0.1) is 70.2 Å². The van der Waals surface area contributed by atoms with Gasteiger partial charge in [0, 0.05) is 42.2 Å². The molecular weight excluding hydrogens is 607 g/mol. The molecule has 224 valence electrons. The third-order valence-electron chi connectivity index (χ3n) is 9.48. The lowest BCUT2D eigenvalue weighted by molar-refractivity contribution is 0.00958. The monoisotopic (exact) mass is 638 g/mol. The van der Waals surface area contributed by atoms with Gasteiger partial charge >= 0.3 is 5.97 Å². The molecule has 0 radical (unpaired) electrons. The standard InChI is InChI=1S/C32H32Cl2N4O4S/c1-40-31(39)18-10-22(17-7-8-41-15-17)30-28(11-18)43-32(36-30)37-14-19-9-21(37)12-27(19)42-16-26-23(13-35-38(26)20-5-6-20)29-24(33)3-2-4-25(29)34/h2-4,10-11,13,17,19-21,27H,5-9,12,14-16H2,1H3/t17-,19+,21+,27-/m1/s1. The number of benzene rings is 2. The molecule has 2 bridgehead atoms. The van der Waals surface area contributed by atoms with Crippen LogP contribution in [0.4, 0.5) is 5.13 Å². The first kappa shape index (κ1) is 27.8. The van der Waals surface area contributed by atoms with Crippen LogP contribution in [0.2, 0.25) is 10.0 Å². The van der Waals surface area contributed by atoms with Crippen LogP contribution >= 0.6 is 34.5 Å². The van der Waals surface area contributed by atoms with Gasteiger partial charge in [-0.25, -0.2) is 9.78 Å². The van der Waals surface area contributed by atoms with Gasteiger partial charge < -0.3 is 19.1 Å². The number of rotatable bonds is 8. The van der Waals surface area contributed by atoms with Gasteiger partial charge in [0.1, 0.15) is 0 Å². The molecular formula is C32H32Cl2N4O4S. The van der Waals surface area contributed by atoms with Crippen molar-refractivity contribution >= 4 is 55.9 Å². The molecule has 4 fully saturated rings. The lowest BCUT2D eigenvalue weighted by atomic mass is 9.95. The number of thiazole rings is 1. The van der Waals surface area contributed by atoms with Gasteiger partial charge in [-0.15, -0.1) is 0 Å². The fourth-order valence-corrected chi connectivity index (χ4v) is 8.87. The van der Waals surface area contributed by atoms with Crippen molar-refractivity contribution in [2.24, 2.45) is 5.92 Å². The number of esters is 1. The van der Waals surface area contributed by atoms with E-state index in [1.165, 1.54) is 7.11 Å². The Kier molecular flexibility index (Phi) is 7.14. The van der Waals surface area contributed by atoms with E-state index in [2.05, 4.69) is 9.58 Å². The van der Waals surface area contributed by atoms with Crippen molar-refractivity contribution < 1.29 is 19.0 Å². The average molecular weight is 640 g/mol. The molecule has 2 aliphatic carbocycles. The topological polar surface area (TPSA) is 78.7 Å². The fourth-order valence-electron chi connectivity index (χ4n) is 7.15. The summed E-state index contributed by atoms with van der Waals surface area (Å²) in [5.74, 6) is 0.347. The van der Waals surface area contributed by atoms with E-state index in [0.29, 0.717) is 46.8 Å². The minimum absolute atomic E-state index is 0.171. The van der Waals surface area contributed by atoms with Gasteiger partial charge in [-0.3, -0.25) is 4.68 Å². The second-order valence-corrected chi connectivity index (χ2v) is 13.9. The molecule has 0 N–H and O–H groups in total. The Hall–Kier alpha value is -2.69. The van der Waals surface area contributed by atoms with Crippen molar-refractivity contribution in [3.8, 4) is 11.1 Å². The van der Waals surface area contributed by atoms with Gasteiger partial charge in [0.15, 0.2) is 5.13 Å². The first-order chi connectivity index (χ1) is 21.0. The molecule has 2 aliphatic heterocycles. The number of hydrogen-bond donors (Lipinski definition) is 0. The predicted octanol–water partition coefficient (Wildman–Crippen LogP) is 7.28. The predicted molar refractivity (Wildman–Crippen MR) is 168 cm³/mol. The van der Waals surface area contributed by atoms with Crippen LogP contribution in [0.15, 0.2) is 36.5 Å². The molecule has 8 nitrogen and oxygen atoms in total. The van der Waals surface area contributed by atoms with Gasteiger partial charge in [0.2, 0.25) is 0 Å². The number of carbonyl (C=O) groups is 1. The molecule has 4 aliphatic rings. The van der Waals surface area contributed by atoms with Crippen LogP contribution in [-0.4, -0.2) is 59.7 Å². The quantitative estimate of drug-likeness (QED) is 0.188. The molecule has 11 heteroatoms. The molecule has 2 saturated heterocycles. The average Bonchev–Trinajstić information content (AvgIpc) is 3.52. The Balaban J connectivity index is 1.02. The second-order valence-electron chi connectivity index (χ2n) is 12.1. The van der Waals surface area contributed by atoms with Crippen LogP contribution in [0.3, 0.4) is 0 Å². The largest absolute Gasteiger partial charge is 0.465 e.